The van der Waals surface area contributed by atoms with Crippen LogP contribution in [0.25, 0.3) is 0 Å². The van der Waals surface area contributed by atoms with Gasteiger partial charge in [0.2, 0.25) is 0 Å². The van der Waals surface area contributed by atoms with Crippen LogP contribution in [0.1, 0.15) is 23.9 Å². The minimum Gasteiger partial charge on any atom is -0.257 e. The first kappa shape index (κ1) is 8.72. The zero-order valence-corrected chi connectivity index (χ0v) is 8.70. The summed E-state index contributed by atoms with van der Waals surface area (Å²) in [4.78, 5) is 4.40. The van der Waals surface area contributed by atoms with Gasteiger partial charge in [0, 0.05) is 10.2 Å². The van der Waals surface area contributed by atoms with E-state index in [0.717, 1.165) is 22.3 Å². The highest BCUT2D eigenvalue weighted by Gasteiger charge is 2.01. The smallest absolute Gasteiger partial charge is 0.0517 e. The lowest BCUT2D eigenvalue weighted by Crippen LogP contribution is -1.93. The average Bonchev–Trinajstić information content (AvgIpc) is 1.97. The molecule has 0 unspecified atom stereocenters. The van der Waals surface area contributed by atoms with Crippen molar-refractivity contribution in [3.63, 3.8) is 0 Å². The van der Waals surface area contributed by atoms with Crippen molar-refractivity contribution < 1.29 is 0 Å². The van der Waals surface area contributed by atoms with E-state index in [-0.39, 0.29) is 0 Å². The molecular formula is C9H12BrN. The molecule has 1 aromatic heterocycles. The average molecular weight is 214 g/mol. The van der Waals surface area contributed by atoms with Gasteiger partial charge in [0.1, 0.15) is 0 Å². The van der Waals surface area contributed by atoms with Gasteiger partial charge in [-0.05, 0) is 47.8 Å². The molecule has 2 heteroatoms. The van der Waals surface area contributed by atoms with Crippen LogP contribution in [0, 0.1) is 13.8 Å². The monoisotopic (exact) mass is 213 g/mol. The van der Waals surface area contributed by atoms with Crippen molar-refractivity contribution in [2.75, 3.05) is 0 Å². The van der Waals surface area contributed by atoms with Crippen LogP contribution in [-0.2, 0) is 6.42 Å². The Balaban J connectivity index is 3.21. The molecule has 0 aliphatic rings. The molecule has 0 saturated carbocycles. The van der Waals surface area contributed by atoms with Gasteiger partial charge in [-0.1, -0.05) is 6.92 Å². The van der Waals surface area contributed by atoms with E-state index in [1.54, 1.807) is 0 Å². The molecule has 0 aromatic carbocycles. The normalized spacial score (nSPS) is 10.2. The maximum Gasteiger partial charge on any atom is 0.0517 e. The number of rotatable bonds is 1. The van der Waals surface area contributed by atoms with Crippen molar-refractivity contribution in [1.29, 1.82) is 0 Å². The molecule has 0 saturated heterocycles. The maximum absolute atomic E-state index is 4.40. The van der Waals surface area contributed by atoms with Crippen LogP contribution in [0.4, 0.5) is 0 Å². The summed E-state index contributed by atoms with van der Waals surface area (Å²) in [5.74, 6) is 0. The van der Waals surface area contributed by atoms with E-state index in [2.05, 4.69) is 40.8 Å². The number of pyridine rings is 1. The van der Waals surface area contributed by atoms with Gasteiger partial charge >= 0.3 is 0 Å². The highest BCUT2D eigenvalue weighted by atomic mass is 79.9. The van der Waals surface area contributed by atoms with Crippen molar-refractivity contribution in [3.8, 4) is 0 Å². The number of aryl methyl sites for hydroxylation is 3. The Hall–Kier alpha value is -0.370. The van der Waals surface area contributed by atoms with Gasteiger partial charge in [-0.2, -0.15) is 0 Å². The van der Waals surface area contributed by atoms with Gasteiger partial charge in [0.05, 0.1) is 5.69 Å². The second-order valence-electron chi connectivity index (χ2n) is 2.65. The van der Waals surface area contributed by atoms with Gasteiger partial charge in [-0.15, -0.1) is 0 Å². The molecule has 1 heterocycles. The van der Waals surface area contributed by atoms with Gasteiger partial charge in [-0.25, -0.2) is 0 Å². The predicted octanol–water partition coefficient (Wildman–Crippen LogP) is 3.02. The lowest BCUT2D eigenvalue weighted by atomic mass is 10.1. The Morgan fingerprint density at radius 1 is 1.36 bits per heavy atom. The lowest BCUT2D eigenvalue weighted by molar-refractivity contribution is 1.01. The number of hydrogen-bond acceptors (Lipinski definition) is 1. The van der Waals surface area contributed by atoms with Gasteiger partial charge in [0.15, 0.2) is 0 Å². The first-order valence-corrected chi connectivity index (χ1v) is 4.57. The minimum absolute atomic E-state index is 1.05. The van der Waals surface area contributed by atoms with Crippen molar-refractivity contribution in [3.05, 3.63) is 27.5 Å². The molecule has 0 aliphatic carbocycles. The van der Waals surface area contributed by atoms with Gasteiger partial charge < -0.3 is 0 Å². The predicted molar refractivity (Wildman–Crippen MR) is 50.8 cm³/mol. The molecule has 11 heavy (non-hydrogen) atoms. The molecule has 1 rings (SSSR count). The van der Waals surface area contributed by atoms with E-state index in [9.17, 15) is 0 Å². The molecule has 0 aliphatic heterocycles. The van der Waals surface area contributed by atoms with Crippen LogP contribution in [0.2, 0.25) is 0 Å². The van der Waals surface area contributed by atoms with Crippen LogP contribution < -0.4 is 0 Å². The Kier molecular flexibility index (Phi) is 2.66. The molecule has 0 amide bonds. The number of nitrogens with zero attached hydrogens (tertiary/aromatic N) is 1. The Labute approximate surface area is 76.0 Å². The van der Waals surface area contributed by atoms with Crippen LogP contribution >= 0.6 is 15.9 Å². The fourth-order valence-electron chi connectivity index (χ4n) is 1.10. The molecule has 0 fully saturated rings. The molecule has 0 N–H and O–H groups in total. The number of halogens is 1. The highest BCUT2D eigenvalue weighted by Crippen LogP contribution is 2.17. The molecule has 60 valence electrons. The summed E-state index contributed by atoms with van der Waals surface area (Å²) < 4.78 is 1.11. The highest BCUT2D eigenvalue weighted by molar-refractivity contribution is 9.10. The third-order valence-corrected chi connectivity index (χ3v) is 2.63. The van der Waals surface area contributed by atoms with Crippen molar-refractivity contribution in [2.24, 2.45) is 0 Å². The minimum atomic E-state index is 1.05. The van der Waals surface area contributed by atoms with E-state index in [1.165, 1.54) is 5.56 Å². The van der Waals surface area contributed by atoms with Crippen LogP contribution in [0.3, 0.4) is 0 Å². The number of hydrogen-bond donors (Lipinski definition) is 0. The third kappa shape index (κ3) is 1.80. The largest absolute Gasteiger partial charge is 0.257 e. The van der Waals surface area contributed by atoms with E-state index >= 15 is 0 Å². The summed E-state index contributed by atoms with van der Waals surface area (Å²) in [6.45, 7) is 6.21. The first-order valence-electron chi connectivity index (χ1n) is 3.77. The summed E-state index contributed by atoms with van der Waals surface area (Å²) in [6.07, 6.45) is 1.05. The Morgan fingerprint density at radius 3 is 2.55 bits per heavy atom. The van der Waals surface area contributed by atoms with E-state index in [4.69, 9.17) is 0 Å². The molecule has 1 aromatic rings. The fraction of sp³-hybridized carbons (Fsp3) is 0.444. The van der Waals surface area contributed by atoms with Crippen molar-refractivity contribution in [2.45, 2.75) is 27.2 Å². The third-order valence-electron chi connectivity index (χ3n) is 1.83. The van der Waals surface area contributed by atoms with Crippen LogP contribution in [0.5, 0.6) is 0 Å². The summed E-state index contributed by atoms with van der Waals surface area (Å²) in [6, 6.07) is 2.15. The SMILES string of the molecule is CCc1cc(Br)c(C)nc1C. The van der Waals surface area contributed by atoms with E-state index in [0.29, 0.717) is 0 Å². The van der Waals surface area contributed by atoms with Crippen molar-refractivity contribution in [1.82, 2.24) is 4.98 Å². The second-order valence-corrected chi connectivity index (χ2v) is 3.51. The van der Waals surface area contributed by atoms with Gasteiger partial charge in [0.25, 0.3) is 0 Å². The summed E-state index contributed by atoms with van der Waals surface area (Å²) in [5.41, 5.74) is 3.54. The summed E-state index contributed by atoms with van der Waals surface area (Å²) in [7, 11) is 0. The zero-order chi connectivity index (χ0) is 8.43. The Morgan fingerprint density at radius 2 is 2.00 bits per heavy atom. The van der Waals surface area contributed by atoms with Gasteiger partial charge in [-0.3, -0.25) is 4.98 Å². The summed E-state index contributed by atoms with van der Waals surface area (Å²) >= 11 is 3.46. The molecular weight excluding hydrogens is 202 g/mol. The molecule has 1 nitrogen and oxygen atoms in total. The second kappa shape index (κ2) is 3.35. The van der Waals surface area contributed by atoms with E-state index < -0.39 is 0 Å². The zero-order valence-electron chi connectivity index (χ0n) is 7.11. The molecule has 0 radical (unpaired) electrons. The topological polar surface area (TPSA) is 12.9 Å². The quantitative estimate of drug-likeness (QED) is 0.700. The Bertz CT molecular complexity index is 269. The van der Waals surface area contributed by atoms with Crippen molar-refractivity contribution >= 4 is 15.9 Å². The summed E-state index contributed by atoms with van der Waals surface area (Å²) in [5, 5.41) is 0. The standard InChI is InChI=1S/C9H12BrN/c1-4-8-5-9(10)7(3)11-6(8)2/h5H,4H2,1-3H3. The van der Waals surface area contributed by atoms with Crippen LogP contribution in [-0.4, -0.2) is 4.98 Å². The molecule has 0 spiro atoms. The molecule has 0 bridgehead atoms. The van der Waals surface area contributed by atoms with E-state index in [1.807, 2.05) is 6.92 Å². The molecule has 0 atom stereocenters. The lowest BCUT2D eigenvalue weighted by Gasteiger charge is -2.04. The van der Waals surface area contributed by atoms with Crippen LogP contribution in [0.15, 0.2) is 10.5 Å². The fourth-order valence-corrected chi connectivity index (χ4v) is 1.46. The maximum atomic E-state index is 4.40. The first-order chi connectivity index (χ1) is 5.15. The number of aromatic nitrogens is 1.